The van der Waals surface area contributed by atoms with Gasteiger partial charge in [0.15, 0.2) is 0 Å². The van der Waals surface area contributed by atoms with E-state index in [1.807, 2.05) is 42.5 Å². The van der Waals surface area contributed by atoms with Gasteiger partial charge in [0.25, 0.3) is 0 Å². The molecule has 3 aromatic rings. The minimum absolute atomic E-state index is 0.0370. The van der Waals surface area contributed by atoms with Crippen LogP contribution in [-0.2, 0) is 20.0 Å². The Kier molecular flexibility index (Phi) is 5.67. The van der Waals surface area contributed by atoms with Crippen LogP contribution in [0.2, 0.25) is 0 Å². The van der Waals surface area contributed by atoms with E-state index in [1.54, 1.807) is 6.92 Å². The number of hydrogen-bond acceptors (Lipinski definition) is 4. The molecule has 0 amide bonds. The Morgan fingerprint density at radius 1 is 0.800 bits per heavy atom. The summed E-state index contributed by atoms with van der Waals surface area (Å²) in [5.41, 5.74) is 0.880. The monoisotopic (exact) mass is 444 g/mol. The molecular weight excluding hydrogens is 420 g/mol. The zero-order chi connectivity index (χ0) is 21.4. The van der Waals surface area contributed by atoms with Crippen molar-refractivity contribution in [2.75, 3.05) is 13.1 Å². The maximum atomic E-state index is 12.9. The van der Waals surface area contributed by atoms with E-state index in [0.29, 0.717) is 13.1 Å². The molecule has 0 saturated carbocycles. The van der Waals surface area contributed by atoms with Gasteiger partial charge in [0.1, 0.15) is 0 Å². The van der Waals surface area contributed by atoms with Gasteiger partial charge >= 0.3 is 0 Å². The molecule has 0 spiro atoms. The Hall–Kier alpha value is -2.26. The van der Waals surface area contributed by atoms with Crippen LogP contribution in [0.3, 0.4) is 0 Å². The van der Waals surface area contributed by atoms with Crippen LogP contribution in [0.1, 0.15) is 31.4 Å². The largest absolute Gasteiger partial charge is 0.243 e. The van der Waals surface area contributed by atoms with E-state index in [0.717, 1.165) is 29.2 Å². The van der Waals surface area contributed by atoms with Crippen molar-refractivity contribution >= 4 is 30.8 Å². The summed E-state index contributed by atoms with van der Waals surface area (Å²) in [7, 11) is -7.39. The summed E-state index contributed by atoms with van der Waals surface area (Å²) >= 11 is 0. The van der Waals surface area contributed by atoms with Crippen molar-refractivity contribution in [1.82, 2.24) is 9.03 Å². The van der Waals surface area contributed by atoms with Gasteiger partial charge in [0.2, 0.25) is 20.0 Å². The maximum absolute atomic E-state index is 12.9. The molecule has 1 heterocycles. The topological polar surface area (TPSA) is 83.5 Å². The van der Waals surface area contributed by atoms with E-state index in [9.17, 15) is 16.8 Å². The van der Waals surface area contributed by atoms with Gasteiger partial charge in [0, 0.05) is 19.1 Å². The smallest absolute Gasteiger partial charge is 0.207 e. The summed E-state index contributed by atoms with van der Waals surface area (Å²) in [5, 5.41) is 2.03. The molecule has 0 aromatic heterocycles. The van der Waals surface area contributed by atoms with E-state index in [-0.39, 0.29) is 9.79 Å². The van der Waals surface area contributed by atoms with Crippen LogP contribution >= 0.6 is 0 Å². The number of hydrogen-bond donors (Lipinski definition) is 1. The molecule has 6 nitrogen and oxygen atoms in total. The Balaban J connectivity index is 1.57. The Morgan fingerprint density at radius 2 is 1.40 bits per heavy atom. The second kappa shape index (κ2) is 8.11. The van der Waals surface area contributed by atoms with Crippen LogP contribution in [0.15, 0.2) is 76.5 Å². The highest BCUT2D eigenvalue weighted by Crippen LogP contribution is 2.26. The minimum Gasteiger partial charge on any atom is -0.207 e. The standard InChI is InChI=1S/C22H24N2O4S2/c1-17(21-10-6-8-18-7-2-3-9-22(18)21)23-29(25,26)19-11-13-20(14-12-19)30(27,28)24-15-4-5-16-24/h2-3,6-14,17,23H,4-5,15-16H2,1H3/t17-/m0/s1. The van der Waals surface area contributed by atoms with E-state index in [2.05, 4.69) is 4.72 Å². The van der Waals surface area contributed by atoms with Crippen LogP contribution in [0.5, 0.6) is 0 Å². The number of benzene rings is 3. The summed E-state index contributed by atoms with van der Waals surface area (Å²) in [4.78, 5) is 0.153. The van der Waals surface area contributed by atoms with Gasteiger partial charge in [-0.25, -0.2) is 21.6 Å². The third kappa shape index (κ3) is 4.00. The first-order valence-electron chi connectivity index (χ1n) is 9.89. The van der Waals surface area contributed by atoms with Crippen molar-refractivity contribution in [2.24, 2.45) is 0 Å². The highest BCUT2D eigenvalue weighted by atomic mass is 32.2. The summed E-state index contributed by atoms with van der Waals surface area (Å²) in [6.07, 6.45) is 1.70. The molecule has 1 atom stereocenters. The van der Waals surface area contributed by atoms with Gasteiger partial charge < -0.3 is 0 Å². The molecule has 0 radical (unpaired) electrons. The van der Waals surface area contributed by atoms with Gasteiger partial charge in [0.05, 0.1) is 9.79 Å². The molecule has 158 valence electrons. The van der Waals surface area contributed by atoms with Crippen LogP contribution < -0.4 is 4.72 Å². The van der Waals surface area contributed by atoms with Crippen molar-refractivity contribution in [3.8, 4) is 0 Å². The second-order valence-corrected chi connectivity index (χ2v) is 11.1. The van der Waals surface area contributed by atoms with Gasteiger partial charge in [-0.15, -0.1) is 0 Å². The molecule has 8 heteroatoms. The Bertz CT molecular complexity index is 1260. The van der Waals surface area contributed by atoms with Crippen molar-refractivity contribution < 1.29 is 16.8 Å². The second-order valence-electron chi connectivity index (χ2n) is 7.49. The lowest BCUT2D eigenvalue weighted by molar-refractivity contribution is 0.477. The fourth-order valence-corrected chi connectivity index (χ4v) is 6.60. The number of nitrogens with zero attached hydrogens (tertiary/aromatic N) is 1. The first kappa shape index (κ1) is 21.0. The van der Waals surface area contributed by atoms with Crippen LogP contribution in [0.25, 0.3) is 10.8 Å². The molecule has 4 rings (SSSR count). The van der Waals surface area contributed by atoms with Crippen molar-refractivity contribution in [3.63, 3.8) is 0 Å². The number of rotatable bonds is 6. The zero-order valence-corrected chi connectivity index (χ0v) is 18.3. The fraction of sp³-hybridized carbons (Fsp3) is 0.273. The normalized spacial score (nSPS) is 16.7. The van der Waals surface area contributed by atoms with Crippen LogP contribution in [0.4, 0.5) is 0 Å². The number of nitrogens with one attached hydrogen (secondary N) is 1. The lowest BCUT2D eigenvalue weighted by atomic mass is 10.0. The quantitative estimate of drug-likeness (QED) is 0.629. The molecule has 30 heavy (non-hydrogen) atoms. The van der Waals surface area contributed by atoms with E-state index >= 15 is 0 Å². The third-order valence-electron chi connectivity index (χ3n) is 5.46. The molecule has 1 aliphatic rings. The SMILES string of the molecule is C[C@H](NS(=O)(=O)c1ccc(S(=O)(=O)N2CCCC2)cc1)c1cccc2ccccc12. The predicted molar refractivity (Wildman–Crippen MR) is 117 cm³/mol. The predicted octanol–water partition coefficient (Wildman–Crippen LogP) is 3.66. The van der Waals surface area contributed by atoms with Gasteiger partial charge in [-0.3, -0.25) is 0 Å². The Morgan fingerprint density at radius 3 is 2.10 bits per heavy atom. The summed E-state index contributed by atoms with van der Waals surface area (Å²) in [6.45, 7) is 2.81. The van der Waals surface area contributed by atoms with E-state index < -0.39 is 26.1 Å². The Labute approximate surface area is 177 Å². The lowest BCUT2D eigenvalue weighted by Crippen LogP contribution is -2.28. The summed E-state index contributed by atoms with van der Waals surface area (Å²) in [6, 6.07) is 18.6. The van der Waals surface area contributed by atoms with Gasteiger partial charge in [-0.2, -0.15) is 4.31 Å². The first-order chi connectivity index (χ1) is 14.3. The van der Waals surface area contributed by atoms with E-state index in [4.69, 9.17) is 0 Å². The maximum Gasteiger partial charge on any atom is 0.243 e. The molecular formula is C22H24N2O4S2. The minimum atomic E-state index is -3.82. The molecule has 0 bridgehead atoms. The number of fused-ring (bicyclic) bond motifs is 1. The summed E-state index contributed by atoms with van der Waals surface area (Å²) in [5.74, 6) is 0. The molecule has 1 saturated heterocycles. The van der Waals surface area contributed by atoms with Gasteiger partial charge in [-0.05, 0) is 60.4 Å². The molecule has 0 unspecified atom stereocenters. The zero-order valence-electron chi connectivity index (χ0n) is 16.7. The highest BCUT2D eigenvalue weighted by molar-refractivity contribution is 7.89. The molecule has 1 fully saturated rings. The average Bonchev–Trinajstić information content (AvgIpc) is 3.29. The molecule has 1 aliphatic heterocycles. The lowest BCUT2D eigenvalue weighted by Gasteiger charge is -2.18. The van der Waals surface area contributed by atoms with Crippen molar-refractivity contribution in [2.45, 2.75) is 35.6 Å². The fourth-order valence-electron chi connectivity index (χ4n) is 3.86. The molecule has 1 N–H and O–H groups in total. The molecule has 3 aromatic carbocycles. The van der Waals surface area contributed by atoms with Crippen molar-refractivity contribution in [1.29, 1.82) is 0 Å². The number of sulfonamides is 2. The van der Waals surface area contributed by atoms with Gasteiger partial charge in [-0.1, -0.05) is 42.5 Å². The average molecular weight is 445 g/mol. The summed E-state index contributed by atoms with van der Waals surface area (Å²) < 4.78 is 55.2. The van der Waals surface area contributed by atoms with Crippen LogP contribution in [-0.4, -0.2) is 34.2 Å². The first-order valence-corrected chi connectivity index (χ1v) is 12.8. The van der Waals surface area contributed by atoms with Crippen LogP contribution in [0, 0.1) is 0 Å². The van der Waals surface area contributed by atoms with Crippen molar-refractivity contribution in [3.05, 3.63) is 72.3 Å². The molecule has 0 aliphatic carbocycles. The van der Waals surface area contributed by atoms with E-state index in [1.165, 1.54) is 28.6 Å². The highest BCUT2D eigenvalue weighted by Gasteiger charge is 2.28. The third-order valence-corrected chi connectivity index (χ3v) is 8.93.